The summed E-state index contributed by atoms with van der Waals surface area (Å²) in [5.41, 5.74) is -1.08. The van der Waals surface area contributed by atoms with E-state index in [1.807, 2.05) is 0 Å². The van der Waals surface area contributed by atoms with Crippen LogP contribution in [0, 0.1) is 3.57 Å². The van der Waals surface area contributed by atoms with Crippen molar-refractivity contribution in [3.63, 3.8) is 0 Å². The van der Waals surface area contributed by atoms with Gasteiger partial charge in [0.1, 0.15) is 6.54 Å². The number of nitrogens with zero attached hydrogens (tertiary/aromatic N) is 1. The molecule has 11 heteroatoms. The summed E-state index contributed by atoms with van der Waals surface area (Å²) in [5, 5.41) is 2.27. The Morgan fingerprint density at radius 2 is 1.78 bits per heavy atom. The van der Waals surface area contributed by atoms with Gasteiger partial charge in [0, 0.05) is 9.26 Å². The van der Waals surface area contributed by atoms with Crippen LogP contribution in [0.3, 0.4) is 0 Å². The molecule has 146 valence electrons. The van der Waals surface area contributed by atoms with Gasteiger partial charge < -0.3 is 5.32 Å². The minimum atomic E-state index is -4.69. The number of carbonyl (C=O) groups excluding carboxylic acids is 1. The molecule has 0 spiro atoms. The smallest absolute Gasteiger partial charge is 0.325 e. The van der Waals surface area contributed by atoms with E-state index in [1.54, 1.807) is 24.3 Å². The Kier molecular flexibility index (Phi) is 6.63. The molecule has 1 amide bonds. The molecule has 0 unspecified atom stereocenters. The fraction of sp³-hybridized carbons (Fsp3) is 0.188. The summed E-state index contributed by atoms with van der Waals surface area (Å²) in [6.45, 7) is -0.730. The number of hydrogen-bond donors (Lipinski definition) is 1. The molecule has 0 saturated carbocycles. The molecule has 2 aromatic carbocycles. The van der Waals surface area contributed by atoms with Crippen LogP contribution >= 0.6 is 34.2 Å². The second-order valence-corrected chi connectivity index (χ2v) is 9.05. The first-order valence-electron chi connectivity index (χ1n) is 7.28. The van der Waals surface area contributed by atoms with Gasteiger partial charge >= 0.3 is 6.18 Å². The molecule has 2 aromatic rings. The normalized spacial score (nSPS) is 11.9. The van der Waals surface area contributed by atoms with E-state index in [2.05, 4.69) is 27.9 Å². The van der Waals surface area contributed by atoms with Crippen LogP contribution in [0.4, 0.5) is 24.5 Å². The molecule has 0 aliphatic heterocycles. The fourth-order valence-electron chi connectivity index (χ4n) is 2.13. The van der Waals surface area contributed by atoms with E-state index in [4.69, 9.17) is 11.6 Å². The Hall–Kier alpha value is -1.53. The average molecular weight is 533 g/mol. The van der Waals surface area contributed by atoms with E-state index in [9.17, 15) is 26.4 Å². The van der Waals surface area contributed by atoms with Crippen molar-refractivity contribution in [3.8, 4) is 0 Å². The lowest BCUT2D eigenvalue weighted by atomic mass is 10.2. The monoisotopic (exact) mass is 532 g/mol. The highest BCUT2D eigenvalue weighted by molar-refractivity contribution is 14.1. The van der Waals surface area contributed by atoms with Crippen LogP contribution in [-0.2, 0) is 21.0 Å². The van der Waals surface area contributed by atoms with Crippen LogP contribution < -0.4 is 9.62 Å². The first-order valence-corrected chi connectivity index (χ1v) is 10.6. The molecule has 0 atom stereocenters. The highest BCUT2D eigenvalue weighted by Crippen LogP contribution is 2.36. The maximum absolute atomic E-state index is 13.0. The summed E-state index contributed by atoms with van der Waals surface area (Å²) in [6.07, 6.45) is -3.91. The Balaban J connectivity index is 2.34. The molecule has 2 rings (SSSR count). The quantitative estimate of drug-likeness (QED) is 0.582. The molecule has 1 N–H and O–H groups in total. The Morgan fingerprint density at radius 3 is 2.30 bits per heavy atom. The Labute approximate surface area is 172 Å². The van der Waals surface area contributed by atoms with Gasteiger partial charge in [-0.05, 0) is 65.1 Å². The molecule has 0 radical (unpaired) electrons. The summed E-state index contributed by atoms with van der Waals surface area (Å²) in [4.78, 5) is 12.2. The average Bonchev–Trinajstić information content (AvgIpc) is 2.53. The summed E-state index contributed by atoms with van der Waals surface area (Å²) in [7, 11) is -4.08. The first-order chi connectivity index (χ1) is 12.4. The van der Waals surface area contributed by atoms with Crippen LogP contribution in [0.5, 0.6) is 0 Å². The zero-order valence-corrected chi connectivity index (χ0v) is 17.4. The van der Waals surface area contributed by atoms with E-state index >= 15 is 0 Å². The molecule has 0 fully saturated rings. The topological polar surface area (TPSA) is 66.5 Å². The second-order valence-electron chi connectivity index (χ2n) is 5.49. The zero-order chi connectivity index (χ0) is 20.4. The van der Waals surface area contributed by atoms with Gasteiger partial charge in [0.25, 0.3) is 0 Å². The minimum Gasteiger partial charge on any atom is -0.325 e. The third-order valence-corrected chi connectivity index (χ3v) is 5.52. The standard InChI is InChI=1S/C16H13ClF3IN2O3S/c1-27(25,26)23(9-15(24)22-12-5-3-11(21)4-6-12)14-8-10(16(18,19)20)2-7-13(14)17/h2-8H,9H2,1H3,(H,22,24). The third-order valence-electron chi connectivity index (χ3n) is 3.36. The summed E-state index contributed by atoms with van der Waals surface area (Å²) in [6, 6.07) is 8.96. The van der Waals surface area contributed by atoms with Crippen LogP contribution in [-0.4, -0.2) is 27.1 Å². The lowest BCUT2D eigenvalue weighted by Gasteiger charge is -2.24. The molecule has 0 heterocycles. The number of hydrogen-bond acceptors (Lipinski definition) is 3. The van der Waals surface area contributed by atoms with E-state index in [1.165, 1.54) is 0 Å². The number of amides is 1. The van der Waals surface area contributed by atoms with Crippen molar-refractivity contribution >= 4 is 61.5 Å². The summed E-state index contributed by atoms with van der Waals surface area (Å²) < 4.78 is 64.5. The van der Waals surface area contributed by atoms with Gasteiger partial charge in [-0.3, -0.25) is 9.10 Å². The lowest BCUT2D eigenvalue weighted by molar-refractivity contribution is -0.137. The highest BCUT2D eigenvalue weighted by Gasteiger charge is 2.33. The zero-order valence-electron chi connectivity index (χ0n) is 13.7. The van der Waals surface area contributed by atoms with Crippen LogP contribution in [0.2, 0.25) is 5.02 Å². The van der Waals surface area contributed by atoms with Crippen molar-refractivity contribution < 1.29 is 26.4 Å². The van der Waals surface area contributed by atoms with Crippen LogP contribution in [0.25, 0.3) is 0 Å². The van der Waals surface area contributed by atoms with E-state index in [0.717, 1.165) is 22.0 Å². The van der Waals surface area contributed by atoms with E-state index in [0.29, 0.717) is 16.1 Å². The third kappa shape index (κ3) is 5.98. The molecule has 0 aromatic heterocycles. The molecule has 0 bridgehead atoms. The largest absolute Gasteiger partial charge is 0.416 e. The van der Waals surface area contributed by atoms with Crippen molar-refractivity contribution in [1.82, 2.24) is 0 Å². The SMILES string of the molecule is CS(=O)(=O)N(CC(=O)Nc1ccc(I)cc1)c1cc(C(F)(F)F)ccc1Cl. The minimum absolute atomic E-state index is 0.226. The fourth-order valence-corrected chi connectivity index (χ4v) is 3.61. The lowest BCUT2D eigenvalue weighted by Crippen LogP contribution is -2.37. The van der Waals surface area contributed by atoms with E-state index < -0.39 is 39.9 Å². The van der Waals surface area contributed by atoms with Gasteiger partial charge in [-0.15, -0.1) is 0 Å². The maximum Gasteiger partial charge on any atom is 0.416 e. The van der Waals surface area contributed by atoms with Crippen molar-refractivity contribution in [3.05, 3.63) is 56.6 Å². The van der Waals surface area contributed by atoms with Gasteiger partial charge in [-0.25, -0.2) is 8.42 Å². The molecule has 0 aliphatic carbocycles. The summed E-state index contributed by atoms with van der Waals surface area (Å²) >= 11 is 7.98. The van der Waals surface area contributed by atoms with Crippen LogP contribution in [0.15, 0.2) is 42.5 Å². The van der Waals surface area contributed by atoms with Gasteiger partial charge in [0.15, 0.2) is 0 Å². The first kappa shape index (κ1) is 21.8. The molecule has 0 aliphatic rings. The number of anilines is 2. The second kappa shape index (κ2) is 8.23. The molecule has 5 nitrogen and oxygen atoms in total. The maximum atomic E-state index is 13.0. The highest BCUT2D eigenvalue weighted by atomic mass is 127. The van der Waals surface area contributed by atoms with Gasteiger partial charge in [0.05, 0.1) is 22.5 Å². The van der Waals surface area contributed by atoms with Gasteiger partial charge in [-0.1, -0.05) is 11.6 Å². The number of sulfonamides is 1. The molecule has 27 heavy (non-hydrogen) atoms. The molecular weight excluding hydrogens is 520 g/mol. The number of nitrogens with one attached hydrogen (secondary N) is 1. The molecular formula is C16H13ClF3IN2O3S. The number of halogens is 5. The van der Waals surface area contributed by atoms with Crippen LogP contribution in [0.1, 0.15) is 5.56 Å². The number of alkyl halides is 3. The predicted octanol–water partition coefficient (Wildman–Crippen LogP) is 4.37. The number of rotatable bonds is 5. The Morgan fingerprint density at radius 1 is 1.19 bits per heavy atom. The van der Waals surface area contributed by atoms with Gasteiger partial charge in [0.2, 0.25) is 15.9 Å². The van der Waals surface area contributed by atoms with Crippen molar-refractivity contribution in [2.45, 2.75) is 6.18 Å². The summed E-state index contributed by atoms with van der Waals surface area (Å²) in [5.74, 6) is -0.727. The van der Waals surface area contributed by atoms with Crippen molar-refractivity contribution in [1.29, 1.82) is 0 Å². The number of benzene rings is 2. The molecule has 0 saturated heterocycles. The van der Waals surface area contributed by atoms with Gasteiger partial charge in [-0.2, -0.15) is 13.2 Å². The van der Waals surface area contributed by atoms with Crippen molar-refractivity contribution in [2.24, 2.45) is 0 Å². The van der Waals surface area contributed by atoms with Crippen molar-refractivity contribution in [2.75, 3.05) is 22.4 Å². The Bertz CT molecular complexity index is 950. The predicted molar refractivity (Wildman–Crippen MR) is 106 cm³/mol. The number of carbonyl (C=O) groups is 1. The van der Waals surface area contributed by atoms with E-state index in [-0.39, 0.29) is 5.02 Å².